The Kier molecular flexibility index (Phi) is 5.42. The fraction of sp³-hybridized carbons (Fsp3) is 0.0455. The van der Waals surface area contributed by atoms with Crippen molar-refractivity contribution < 1.29 is 0 Å². The molecule has 0 aliphatic carbocycles. The minimum Gasteiger partial charge on any atom is -0.264 e. The molecule has 2 heteroatoms. The molecule has 0 amide bonds. The van der Waals surface area contributed by atoms with E-state index < -0.39 is 0 Å². The van der Waals surface area contributed by atoms with Gasteiger partial charge < -0.3 is 0 Å². The van der Waals surface area contributed by atoms with E-state index in [-0.39, 0.29) is 0 Å². The van der Waals surface area contributed by atoms with Gasteiger partial charge in [0.15, 0.2) is 0 Å². The Labute approximate surface area is 144 Å². The first-order chi connectivity index (χ1) is 11.8. The Morgan fingerprint density at radius 1 is 0.583 bits per heavy atom. The average Bonchev–Trinajstić information content (AvgIpc) is 2.69. The van der Waals surface area contributed by atoms with Crippen LogP contribution in [0.15, 0.2) is 103 Å². The molecule has 0 spiro atoms. The molecule has 116 valence electrons. The highest BCUT2D eigenvalue weighted by atomic mass is 14.6. The second-order valence-electron chi connectivity index (χ2n) is 5.77. The van der Waals surface area contributed by atoms with Crippen LogP contribution in [-0.2, 0) is 0 Å². The van der Waals surface area contributed by atoms with Crippen LogP contribution in [0.5, 0.6) is 0 Å². The van der Waals surface area contributed by atoms with E-state index in [4.69, 9.17) is 0 Å². The predicted molar refractivity (Wildman–Crippen MR) is 106 cm³/mol. The first-order valence-electron chi connectivity index (χ1n) is 8.23. The molecule has 24 heavy (non-hydrogen) atoms. The van der Waals surface area contributed by atoms with Gasteiger partial charge in [0.05, 0.1) is 0 Å². The highest BCUT2D eigenvalue weighted by Gasteiger charge is 2.10. The first kappa shape index (κ1) is 16.0. The zero-order valence-corrected chi connectivity index (χ0v) is 13.8. The van der Waals surface area contributed by atoms with Crippen molar-refractivity contribution in [2.75, 3.05) is 0 Å². The zero-order valence-electron chi connectivity index (χ0n) is 13.8. The molecule has 1 aromatic heterocycles. The van der Waals surface area contributed by atoms with Crippen LogP contribution < -0.4 is 10.9 Å². The summed E-state index contributed by atoms with van der Waals surface area (Å²) in [6.45, 7) is 2.72. The zero-order chi connectivity index (χ0) is 16.6. The van der Waals surface area contributed by atoms with Crippen LogP contribution >= 0.6 is 0 Å². The Bertz CT molecular complexity index is 771. The number of aromatic nitrogens is 1. The van der Waals surface area contributed by atoms with E-state index in [2.05, 4.69) is 84.6 Å². The van der Waals surface area contributed by atoms with E-state index >= 15 is 0 Å². The quantitative estimate of drug-likeness (QED) is 0.507. The first-order valence-corrected chi connectivity index (χ1v) is 8.23. The lowest BCUT2D eigenvalue weighted by molar-refractivity contribution is 1.36. The summed E-state index contributed by atoms with van der Waals surface area (Å²) in [6, 6.07) is 31.4. The number of rotatable bonds is 2. The Hall–Kier alpha value is -2.87. The topological polar surface area (TPSA) is 12.9 Å². The predicted octanol–water partition coefficient (Wildman–Crippen LogP) is 4.16. The second kappa shape index (κ2) is 8.12. The summed E-state index contributed by atoms with van der Waals surface area (Å²) >= 11 is 0. The van der Waals surface area contributed by atoms with E-state index in [0.29, 0.717) is 6.71 Å². The SMILES string of the molecule is CB(c1ccccc1)c1ccccc1.c1ccc2cnccc2c1. The third-order valence-electron chi connectivity index (χ3n) is 4.15. The van der Waals surface area contributed by atoms with Gasteiger partial charge >= 0.3 is 0 Å². The maximum atomic E-state index is 4.01. The molecular weight excluding hydrogens is 289 g/mol. The van der Waals surface area contributed by atoms with Crippen LogP contribution in [0, 0.1) is 0 Å². The standard InChI is InChI=1S/C13H13B.C9H7N/c1-14(12-8-4-2-5-9-12)13-10-6-3-7-11-13;1-2-4-9-7-10-6-5-8(9)3-1/h2-11H,1H3;1-7H. The van der Waals surface area contributed by atoms with E-state index in [1.807, 2.05) is 30.6 Å². The number of hydrogen-bond donors (Lipinski definition) is 0. The molecular formula is C22H20BN. The monoisotopic (exact) mass is 309 g/mol. The number of pyridine rings is 1. The van der Waals surface area contributed by atoms with Crippen molar-refractivity contribution in [1.82, 2.24) is 4.98 Å². The molecule has 0 N–H and O–H groups in total. The number of benzene rings is 3. The van der Waals surface area contributed by atoms with Crippen molar-refractivity contribution in [3.8, 4) is 0 Å². The summed E-state index contributed by atoms with van der Waals surface area (Å²) in [5.74, 6) is 0. The molecule has 3 aromatic carbocycles. The van der Waals surface area contributed by atoms with Crippen molar-refractivity contribution in [3.63, 3.8) is 0 Å². The van der Waals surface area contributed by atoms with E-state index in [0.717, 1.165) is 0 Å². The van der Waals surface area contributed by atoms with Gasteiger partial charge in [0.25, 0.3) is 0 Å². The van der Waals surface area contributed by atoms with Gasteiger partial charge in [0, 0.05) is 12.4 Å². The molecule has 0 aliphatic rings. The number of fused-ring (bicyclic) bond motifs is 1. The minimum atomic E-state index is 0.484. The highest BCUT2D eigenvalue weighted by Crippen LogP contribution is 2.09. The van der Waals surface area contributed by atoms with E-state index in [9.17, 15) is 0 Å². The van der Waals surface area contributed by atoms with Gasteiger partial charge in [-0.3, -0.25) is 4.98 Å². The Morgan fingerprint density at radius 3 is 1.62 bits per heavy atom. The molecule has 0 saturated heterocycles. The van der Waals surface area contributed by atoms with Gasteiger partial charge in [-0.25, -0.2) is 0 Å². The fourth-order valence-electron chi connectivity index (χ4n) is 2.70. The Balaban J connectivity index is 0.000000149. The number of hydrogen-bond acceptors (Lipinski definition) is 1. The average molecular weight is 309 g/mol. The van der Waals surface area contributed by atoms with Gasteiger partial charge in [-0.05, 0) is 16.8 Å². The van der Waals surface area contributed by atoms with Gasteiger partial charge in [0.2, 0.25) is 6.71 Å². The van der Waals surface area contributed by atoms with Crippen molar-refractivity contribution in [2.24, 2.45) is 0 Å². The molecule has 0 bridgehead atoms. The van der Waals surface area contributed by atoms with Gasteiger partial charge in [-0.2, -0.15) is 0 Å². The van der Waals surface area contributed by atoms with Crippen LogP contribution in [0.4, 0.5) is 0 Å². The normalized spacial score (nSPS) is 9.88. The van der Waals surface area contributed by atoms with Crippen molar-refractivity contribution in [1.29, 1.82) is 0 Å². The lowest BCUT2D eigenvalue weighted by Crippen LogP contribution is -2.38. The van der Waals surface area contributed by atoms with E-state index in [1.54, 1.807) is 0 Å². The molecule has 0 saturated carbocycles. The minimum absolute atomic E-state index is 0.484. The molecule has 0 atom stereocenters. The lowest BCUT2D eigenvalue weighted by Gasteiger charge is -2.08. The van der Waals surface area contributed by atoms with Gasteiger partial charge in [0.1, 0.15) is 0 Å². The summed E-state index contributed by atoms with van der Waals surface area (Å²) in [6.07, 6.45) is 3.68. The summed E-state index contributed by atoms with van der Waals surface area (Å²) in [5, 5.41) is 2.45. The third kappa shape index (κ3) is 4.11. The fourth-order valence-corrected chi connectivity index (χ4v) is 2.70. The smallest absolute Gasteiger partial charge is 0.206 e. The van der Waals surface area contributed by atoms with Crippen LogP contribution in [0.2, 0.25) is 6.82 Å². The lowest BCUT2D eigenvalue weighted by atomic mass is 9.43. The van der Waals surface area contributed by atoms with Crippen molar-refractivity contribution in [3.05, 3.63) is 103 Å². The maximum Gasteiger partial charge on any atom is 0.206 e. The molecule has 0 radical (unpaired) electrons. The summed E-state index contributed by atoms with van der Waals surface area (Å²) < 4.78 is 0. The third-order valence-corrected chi connectivity index (χ3v) is 4.15. The van der Waals surface area contributed by atoms with Crippen molar-refractivity contribution in [2.45, 2.75) is 6.82 Å². The molecule has 1 heterocycles. The Morgan fingerprint density at radius 2 is 1.08 bits per heavy atom. The van der Waals surface area contributed by atoms with Crippen LogP contribution in [0.1, 0.15) is 0 Å². The highest BCUT2D eigenvalue weighted by molar-refractivity contribution is 6.84. The molecule has 1 nitrogen and oxygen atoms in total. The second-order valence-corrected chi connectivity index (χ2v) is 5.77. The van der Waals surface area contributed by atoms with Crippen LogP contribution in [-0.4, -0.2) is 11.7 Å². The summed E-state index contributed by atoms with van der Waals surface area (Å²) in [7, 11) is 0. The van der Waals surface area contributed by atoms with Gasteiger partial charge in [-0.1, -0.05) is 103 Å². The molecule has 0 fully saturated rings. The van der Waals surface area contributed by atoms with Crippen molar-refractivity contribution >= 4 is 28.4 Å². The largest absolute Gasteiger partial charge is 0.264 e. The molecule has 4 aromatic rings. The number of nitrogens with zero attached hydrogens (tertiary/aromatic N) is 1. The molecule has 4 rings (SSSR count). The summed E-state index contributed by atoms with van der Waals surface area (Å²) in [5.41, 5.74) is 2.75. The molecule has 0 aliphatic heterocycles. The van der Waals surface area contributed by atoms with Gasteiger partial charge in [-0.15, -0.1) is 0 Å². The summed E-state index contributed by atoms with van der Waals surface area (Å²) in [4.78, 5) is 4.01. The van der Waals surface area contributed by atoms with Crippen LogP contribution in [0.3, 0.4) is 0 Å². The van der Waals surface area contributed by atoms with Crippen LogP contribution in [0.25, 0.3) is 10.8 Å². The van der Waals surface area contributed by atoms with E-state index in [1.165, 1.54) is 21.7 Å². The maximum absolute atomic E-state index is 4.01. The molecule has 0 unspecified atom stereocenters.